The van der Waals surface area contributed by atoms with Gasteiger partial charge in [-0.25, -0.2) is 22.6 Å². The van der Waals surface area contributed by atoms with Crippen LogP contribution in [0.5, 0.6) is 11.6 Å². The summed E-state index contributed by atoms with van der Waals surface area (Å²) < 4.78 is 53.8. The molecule has 16 heteroatoms. The summed E-state index contributed by atoms with van der Waals surface area (Å²) in [5, 5.41) is 15.7. The Labute approximate surface area is 324 Å². The molecule has 2 aliphatic heterocycles. The molecule has 3 heterocycles. The van der Waals surface area contributed by atoms with Crippen molar-refractivity contribution in [3.8, 4) is 22.9 Å². The van der Waals surface area contributed by atoms with Gasteiger partial charge in [-0.3, -0.25) is 19.1 Å². The van der Waals surface area contributed by atoms with E-state index in [0.29, 0.717) is 53.5 Å². The van der Waals surface area contributed by atoms with E-state index < -0.39 is 80.5 Å². The Bertz CT molecular complexity index is 2180. The summed E-state index contributed by atoms with van der Waals surface area (Å²) >= 11 is 0. The van der Waals surface area contributed by atoms with Crippen molar-refractivity contribution in [1.82, 2.24) is 25.2 Å². The Morgan fingerprint density at radius 3 is 2.50 bits per heavy atom. The van der Waals surface area contributed by atoms with E-state index in [1.54, 1.807) is 37.3 Å². The molecule has 7 atom stereocenters. The fourth-order valence-electron chi connectivity index (χ4n) is 7.98. The van der Waals surface area contributed by atoms with Crippen molar-refractivity contribution in [2.24, 2.45) is 17.8 Å². The molecule has 2 aliphatic carbocycles. The number of allylic oxidation sites excluding steroid dienone is 1. The van der Waals surface area contributed by atoms with Gasteiger partial charge >= 0.3 is 6.09 Å². The lowest BCUT2D eigenvalue weighted by Crippen LogP contribution is -2.59. The SMILES string of the molecule is COc1ccc2c(O[C@@H]3C[C@H]4C(=O)N[C@]5(C(=O)NS(=O)(=O)C6CC6)C[C@H]5C=CCC[C@H](C)C[C@@H](C)[C@H](NC(=O)O)C(=O)N4C3)nc(-c3ccc(F)cc3)cc2c1. The summed E-state index contributed by atoms with van der Waals surface area (Å²) in [6, 6.07) is 10.5. The summed E-state index contributed by atoms with van der Waals surface area (Å²) in [5.41, 5.74) is -0.486. The summed E-state index contributed by atoms with van der Waals surface area (Å²) in [5.74, 6) is -2.66. The molecule has 0 spiro atoms. The number of hydrogen-bond acceptors (Lipinski definition) is 9. The Hall–Kier alpha value is -5.25. The smallest absolute Gasteiger partial charge is 0.405 e. The van der Waals surface area contributed by atoms with Gasteiger partial charge in [-0.2, -0.15) is 0 Å². The number of methoxy groups -OCH3 is 1. The van der Waals surface area contributed by atoms with Crippen LogP contribution in [0.1, 0.15) is 58.8 Å². The number of pyridine rings is 1. The van der Waals surface area contributed by atoms with Crippen molar-refractivity contribution in [2.75, 3.05) is 13.7 Å². The van der Waals surface area contributed by atoms with E-state index >= 15 is 0 Å². The van der Waals surface area contributed by atoms with Crippen molar-refractivity contribution < 1.29 is 46.6 Å². The Morgan fingerprint density at radius 2 is 1.80 bits per heavy atom. The molecule has 4 amide bonds. The number of halogens is 1. The zero-order valence-electron chi connectivity index (χ0n) is 31.4. The van der Waals surface area contributed by atoms with E-state index in [4.69, 9.17) is 14.5 Å². The topological polar surface area (TPSA) is 193 Å². The predicted octanol–water partition coefficient (Wildman–Crippen LogP) is 4.53. The van der Waals surface area contributed by atoms with Crippen LogP contribution in [0.25, 0.3) is 22.0 Å². The van der Waals surface area contributed by atoms with E-state index in [-0.39, 0.29) is 31.2 Å². The predicted molar refractivity (Wildman–Crippen MR) is 204 cm³/mol. The second-order valence-corrected chi connectivity index (χ2v) is 17.5. The number of rotatable bonds is 8. The second kappa shape index (κ2) is 15.4. The van der Waals surface area contributed by atoms with Crippen LogP contribution in [0, 0.1) is 23.6 Å². The van der Waals surface area contributed by atoms with Gasteiger partial charge in [0.25, 0.3) is 5.91 Å². The molecule has 3 fully saturated rings. The third-order valence-corrected chi connectivity index (χ3v) is 13.1. The molecular weight excluding hydrogens is 746 g/mol. The molecule has 0 unspecified atom stereocenters. The molecule has 1 aromatic heterocycles. The average Bonchev–Trinajstić information content (AvgIpc) is 4.08. The van der Waals surface area contributed by atoms with Gasteiger partial charge in [0.1, 0.15) is 35.3 Å². The van der Waals surface area contributed by atoms with Crippen molar-refractivity contribution >= 4 is 44.6 Å². The van der Waals surface area contributed by atoms with Gasteiger partial charge in [0.15, 0.2) is 0 Å². The normalized spacial score (nSPS) is 28.2. The van der Waals surface area contributed by atoms with Crippen molar-refractivity contribution in [3.63, 3.8) is 0 Å². The molecule has 298 valence electrons. The third-order valence-electron chi connectivity index (χ3n) is 11.3. The number of sulfonamides is 1. The quantitative estimate of drug-likeness (QED) is 0.236. The summed E-state index contributed by atoms with van der Waals surface area (Å²) in [7, 11) is -2.40. The molecule has 4 aliphatic rings. The van der Waals surface area contributed by atoms with Crippen molar-refractivity contribution in [3.05, 3.63) is 66.5 Å². The monoisotopic (exact) mass is 791 g/mol. The first kappa shape index (κ1) is 39.0. The number of carboxylic acid groups (broad SMARTS) is 1. The number of nitrogens with one attached hydrogen (secondary N) is 3. The van der Waals surface area contributed by atoms with E-state index in [9.17, 15) is 37.1 Å². The first-order chi connectivity index (χ1) is 26.7. The highest BCUT2D eigenvalue weighted by atomic mass is 32.2. The number of nitrogens with zero attached hydrogens (tertiary/aromatic N) is 2. The lowest BCUT2D eigenvalue weighted by Gasteiger charge is -2.32. The van der Waals surface area contributed by atoms with Crippen LogP contribution < -0.4 is 24.8 Å². The third kappa shape index (κ3) is 8.15. The summed E-state index contributed by atoms with van der Waals surface area (Å²) in [6.07, 6.45) is 4.38. The number of hydrogen-bond donors (Lipinski definition) is 4. The average molecular weight is 792 g/mol. The molecule has 14 nitrogen and oxygen atoms in total. The number of carbonyl (C=O) groups excluding carboxylic acids is 3. The standard InChI is InChI=1S/C40H46FN5O9S/c1-22-6-4-5-7-26-20-40(26,38(49)45-56(52,53)30-13-14-30)44-35(47)33-19-29(21-46(33)37(48)34(23(2)16-22)43-39(50)51)55-36-31-15-12-28(54-3)17-25(31)18-32(42-36)24-8-10-27(41)11-9-24/h5,7-12,15,17-18,22-23,26,29-30,33-34,43H,4,6,13-14,16,19-21H2,1-3H3,(H,44,47)(H,45,49)(H,50,51)/t22-,23+,26+,29+,33-,34-,40+/m0/s1. The van der Waals surface area contributed by atoms with E-state index in [1.165, 1.54) is 24.1 Å². The number of aromatic nitrogens is 1. The highest BCUT2D eigenvalue weighted by Gasteiger charge is 2.62. The van der Waals surface area contributed by atoms with E-state index in [2.05, 4.69) is 15.4 Å². The minimum atomic E-state index is -3.94. The Balaban J connectivity index is 1.25. The van der Waals surface area contributed by atoms with Crippen LogP contribution in [0.15, 0.2) is 60.7 Å². The molecule has 56 heavy (non-hydrogen) atoms. The van der Waals surface area contributed by atoms with Gasteiger partial charge < -0.3 is 30.1 Å². The van der Waals surface area contributed by atoms with E-state index in [0.717, 1.165) is 6.42 Å². The largest absolute Gasteiger partial charge is 0.497 e. The molecule has 4 N–H and O–H groups in total. The lowest BCUT2D eigenvalue weighted by molar-refractivity contribution is -0.142. The minimum Gasteiger partial charge on any atom is -0.497 e. The zero-order valence-corrected chi connectivity index (χ0v) is 32.2. The van der Waals surface area contributed by atoms with Crippen molar-refractivity contribution in [1.29, 1.82) is 0 Å². The fraction of sp³-hybridized carbons (Fsp3) is 0.475. The molecule has 0 radical (unpaired) electrons. The number of ether oxygens (including phenoxy) is 2. The minimum absolute atomic E-state index is 0.0547. The van der Waals surface area contributed by atoms with Crippen LogP contribution in [-0.4, -0.2) is 89.9 Å². The van der Waals surface area contributed by atoms with E-state index in [1.807, 2.05) is 25.1 Å². The maximum Gasteiger partial charge on any atom is 0.405 e. The molecule has 7 rings (SSSR count). The van der Waals surface area contributed by atoms with Gasteiger partial charge in [0, 0.05) is 23.3 Å². The molecule has 0 bridgehead atoms. The zero-order chi connectivity index (χ0) is 39.9. The van der Waals surface area contributed by atoms with Gasteiger partial charge in [-0.15, -0.1) is 0 Å². The van der Waals surface area contributed by atoms with Crippen LogP contribution in [0.2, 0.25) is 0 Å². The Morgan fingerprint density at radius 1 is 1.05 bits per heavy atom. The Kier molecular flexibility index (Phi) is 10.7. The van der Waals surface area contributed by atoms with Gasteiger partial charge in [0.2, 0.25) is 27.7 Å². The highest BCUT2D eigenvalue weighted by molar-refractivity contribution is 7.91. The van der Waals surface area contributed by atoms with Crippen molar-refractivity contribution in [2.45, 2.75) is 87.8 Å². The van der Waals surface area contributed by atoms with Crippen LogP contribution in [0.4, 0.5) is 9.18 Å². The highest BCUT2D eigenvalue weighted by Crippen LogP contribution is 2.46. The summed E-state index contributed by atoms with van der Waals surface area (Å²) in [6.45, 7) is 3.68. The molecule has 2 saturated carbocycles. The maximum absolute atomic E-state index is 14.5. The number of fused-ring (bicyclic) bond motifs is 3. The molecule has 3 aromatic rings. The summed E-state index contributed by atoms with van der Waals surface area (Å²) in [4.78, 5) is 60.9. The maximum atomic E-state index is 14.5. The molecule has 1 saturated heterocycles. The van der Waals surface area contributed by atoms with Crippen LogP contribution in [0.3, 0.4) is 0 Å². The van der Waals surface area contributed by atoms with Crippen LogP contribution >= 0.6 is 0 Å². The first-order valence-corrected chi connectivity index (χ1v) is 20.5. The van der Waals surface area contributed by atoms with Gasteiger partial charge in [-0.1, -0.05) is 26.0 Å². The molecule has 2 aromatic carbocycles. The van der Waals surface area contributed by atoms with Crippen LogP contribution in [-0.2, 0) is 24.4 Å². The molecular formula is C40H46FN5O9S. The van der Waals surface area contributed by atoms with Gasteiger partial charge in [-0.05, 0) is 104 Å². The first-order valence-electron chi connectivity index (χ1n) is 18.9. The second-order valence-electron chi connectivity index (χ2n) is 15.6. The number of carbonyl (C=O) groups is 4. The fourth-order valence-corrected chi connectivity index (χ4v) is 9.34. The lowest BCUT2D eigenvalue weighted by atomic mass is 9.88. The van der Waals surface area contributed by atoms with Gasteiger partial charge in [0.05, 0.1) is 24.6 Å². The number of benzene rings is 2. The number of amides is 4.